The predicted molar refractivity (Wildman–Crippen MR) is 79.8 cm³/mol. The molecule has 0 spiro atoms. The number of rotatable bonds is 6. The van der Waals surface area contributed by atoms with Gasteiger partial charge in [-0.2, -0.15) is 0 Å². The average molecular weight is 372 g/mol. The van der Waals surface area contributed by atoms with E-state index in [2.05, 4.69) is 9.47 Å². The Balaban J connectivity index is 1.48. The summed E-state index contributed by atoms with van der Waals surface area (Å²) in [7, 11) is 0. The van der Waals surface area contributed by atoms with Gasteiger partial charge in [0.05, 0.1) is 11.8 Å². The average Bonchev–Trinajstić information content (AvgIpc) is 3.25. The van der Waals surface area contributed by atoms with Crippen molar-refractivity contribution in [1.29, 1.82) is 0 Å². The first kappa shape index (κ1) is 18.3. The summed E-state index contributed by atoms with van der Waals surface area (Å²) in [6.45, 7) is -0.161. The Morgan fingerprint density at radius 1 is 0.808 bits per heavy atom. The normalized spacial score (nSPS) is 30.6. The van der Waals surface area contributed by atoms with Gasteiger partial charge in [0.15, 0.2) is 12.2 Å². The first-order valence-electron chi connectivity index (χ1n) is 8.53. The van der Waals surface area contributed by atoms with Crippen LogP contribution in [0.4, 0.5) is 9.59 Å². The Bertz CT molecular complexity index is 523. The quantitative estimate of drug-likeness (QED) is 0.491. The van der Waals surface area contributed by atoms with Gasteiger partial charge >= 0.3 is 24.2 Å². The molecule has 4 atom stereocenters. The molecule has 0 bridgehead atoms. The van der Waals surface area contributed by atoms with Crippen LogP contribution in [0.5, 0.6) is 0 Å². The van der Waals surface area contributed by atoms with Crippen LogP contribution in [0.2, 0.25) is 0 Å². The van der Waals surface area contributed by atoms with Crippen molar-refractivity contribution in [3.8, 4) is 0 Å². The zero-order valence-corrected chi connectivity index (χ0v) is 14.0. The van der Waals surface area contributed by atoms with Gasteiger partial charge in [-0.1, -0.05) is 12.8 Å². The molecule has 26 heavy (non-hydrogen) atoms. The van der Waals surface area contributed by atoms with Gasteiger partial charge in [-0.05, 0) is 12.8 Å². The van der Waals surface area contributed by atoms with Crippen molar-refractivity contribution >= 4 is 24.2 Å². The van der Waals surface area contributed by atoms with Gasteiger partial charge in [-0.15, -0.1) is 0 Å². The Kier molecular flexibility index (Phi) is 5.79. The maximum atomic E-state index is 12.4. The minimum atomic E-state index is -0.790. The van der Waals surface area contributed by atoms with Crippen LogP contribution >= 0.6 is 0 Å². The highest BCUT2D eigenvalue weighted by atomic mass is 16.8. The molecule has 0 radical (unpaired) electrons. The molecule has 144 valence electrons. The minimum Gasteiger partial charge on any atom is -0.461 e. The smallest absolute Gasteiger partial charge is 0.461 e. The molecule has 0 aromatic heterocycles. The molecule has 10 heteroatoms. The molecule has 3 aliphatic rings. The summed E-state index contributed by atoms with van der Waals surface area (Å²) in [4.78, 5) is 46.4. The highest BCUT2D eigenvalue weighted by Crippen LogP contribution is 2.32. The summed E-state index contributed by atoms with van der Waals surface area (Å²) >= 11 is 0. The lowest BCUT2D eigenvalue weighted by molar-refractivity contribution is -0.165. The minimum absolute atomic E-state index is 0.0322. The van der Waals surface area contributed by atoms with Gasteiger partial charge in [0.2, 0.25) is 0 Å². The molecule has 4 unspecified atom stereocenters. The summed E-state index contributed by atoms with van der Waals surface area (Å²) < 4.78 is 29.2. The highest BCUT2D eigenvalue weighted by molar-refractivity contribution is 5.82. The fourth-order valence-electron chi connectivity index (χ4n) is 3.15. The second kappa shape index (κ2) is 8.24. The molecular formula is C16H20O10. The Morgan fingerprint density at radius 3 is 1.58 bits per heavy atom. The van der Waals surface area contributed by atoms with Gasteiger partial charge < -0.3 is 28.4 Å². The monoisotopic (exact) mass is 372 g/mol. The van der Waals surface area contributed by atoms with Crippen molar-refractivity contribution in [2.24, 2.45) is 11.8 Å². The molecule has 2 heterocycles. The fraction of sp³-hybridized carbons (Fsp3) is 0.750. The molecule has 0 N–H and O–H groups in total. The molecule has 1 aliphatic carbocycles. The summed E-state index contributed by atoms with van der Waals surface area (Å²) in [5.41, 5.74) is 0. The first-order valence-corrected chi connectivity index (χ1v) is 8.53. The van der Waals surface area contributed by atoms with E-state index in [1.165, 1.54) is 0 Å². The first-order chi connectivity index (χ1) is 12.5. The third-order valence-corrected chi connectivity index (χ3v) is 4.49. The third-order valence-electron chi connectivity index (χ3n) is 4.49. The van der Waals surface area contributed by atoms with Crippen LogP contribution in [0.3, 0.4) is 0 Å². The van der Waals surface area contributed by atoms with Gasteiger partial charge in [0.1, 0.15) is 26.4 Å². The lowest BCUT2D eigenvalue weighted by atomic mass is 9.79. The van der Waals surface area contributed by atoms with E-state index in [0.29, 0.717) is 12.8 Å². The third kappa shape index (κ3) is 4.55. The topological polar surface area (TPSA) is 124 Å². The largest absolute Gasteiger partial charge is 0.508 e. The van der Waals surface area contributed by atoms with E-state index in [4.69, 9.17) is 18.9 Å². The van der Waals surface area contributed by atoms with Crippen LogP contribution in [0.25, 0.3) is 0 Å². The second-order valence-corrected chi connectivity index (χ2v) is 6.36. The van der Waals surface area contributed by atoms with Crippen LogP contribution < -0.4 is 0 Å². The Morgan fingerprint density at radius 2 is 1.23 bits per heavy atom. The lowest BCUT2D eigenvalue weighted by Crippen LogP contribution is -2.37. The van der Waals surface area contributed by atoms with E-state index in [0.717, 1.165) is 12.8 Å². The van der Waals surface area contributed by atoms with Crippen molar-refractivity contribution in [3.05, 3.63) is 0 Å². The molecular weight excluding hydrogens is 352 g/mol. The lowest BCUT2D eigenvalue weighted by Gasteiger charge is -2.28. The van der Waals surface area contributed by atoms with E-state index in [-0.39, 0.29) is 26.4 Å². The zero-order chi connectivity index (χ0) is 18.5. The molecule has 10 nitrogen and oxygen atoms in total. The predicted octanol–water partition coefficient (Wildman–Crippen LogP) is 0.950. The highest BCUT2D eigenvalue weighted by Gasteiger charge is 2.39. The van der Waals surface area contributed by atoms with E-state index < -0.39 is 48.3 Å². The van der Waals surface area contributed by atoms with Gasteiger partial charge in [0.25, 0.3) is 0 Å². The van der Waals surface area contributed by atoms with Gasteiger partial charge in [0, 0.05) is 0 Å². The van der Waals surface area contributed by atoms with Crippen LogP contribution in [0, 0.1) is 11.8 Å². The molecule has 3 rings (SSSR count). The molecule has 2 aliphatic heterocycles. The summed E-state index contributed by atoms with van der Waals surface area (Å²) in [5.74, 6) is -2.27. The van der Waals surface area contributed by atoms with Crippen LogP contribution in [0.1, 0.15) is 25.7 Å². The SMILES string of the molecule is O=C1OCC(COC(=O)C2CCCCC2C(=O)OCC2COC(=O)O2)O1. The maximum Gasteiger partial charge on any atom is 0.508 e. The molecule has 0 aromatic carbocycles. The molecule has 3 fully saturated rings. The number of carbonyl (C=O) groups excluding carboxylic acids is 4. The summed E-state index contributed by atoms with van der Waals surface area (Å²) in [6, 6.07) is 0. The standard InChI is InChI=1S/C16H20O10/c17-13(21-5-9-7-23-15(19)25-9)11-3-1-2-4-12(11)14(18)22-6-10-8-24-16(20)26-10/h9-12H,1-8H2. The summed E-state index contributed by atoms with van der Waals surface area (Å²) in [5, 5.41) is 0. The number of carbonyl (C=O) groups is 4. The van der Waals surface area contributed by atoms with Gasteiger partial charge in [-0.25, -0.2) is 9.59 Å². The van der Waals surface area contributed by atoms with Crippen LogP contribution in [-0.2, 0) is 38.0 Å². The van der Waals surface area contributed by atoms with E-state index in [1.54, 1.807) is 0 Å². The number of hydrogen-bond donors (Lipinski definition) is 0. The number of ether oxygens (including phenoxy) is 6. The molecule has 2 saturated heterocycles. The Hall–Kier alpha value is -2.52. The van der Waals surface area contributed by atoms with E-state index in [1.807, 2.05) is 0 Å². The second-order valence-electron chi connectivity index (χ2n) is 6.36. The zero-order valence-electron chi connectivity index (χ0n) is 14.0. The van der Waals surface area contributed by atoms with Crippen molar-refractivity contribution in [3.63, 3.8) is 0 Å². The fourth-order valence-corrected chi connectivity index (χ4v) is 3.15. The van der Waals surface area contributed by atoms with E-state index in [9.17, 15) is 19.2 Å². The summed E-state index contributed by atoms with van der Waals surface area (Å²) in [6.07, 6.45) is -0.195. The van der Waals surface area contributed by atoms with Crippen molar-refractivity contribution in [2.45, 2.75) is 37.9 Å². The molecule has 0 amide bonds. The number of hydrogen-bond acceptors (Lipinski definition) is 10. The number of cyclic esters (lactones) is 4. The Labute approximate surface area is 149 Å². The van der Waals surface area contributed by atoms with Gasteiger partial charge in [-0.3, -0.25) is 9.59 Å². The molecule has 1 saturated carbocycles. The maximum absolute atomic E-state index is 12.4. The van der Waals surface area contributed by atoms with Crippen molar-refractivity contribution in [2.75, 3.05) is 26.4 Å². The molecule has 0 aromatic rings. The van der Waals surface area contributed by atoms with Crippen LogP contribution in [0.15, 0.2) is 0 Å². The van der Waals surface area contributed by atoms with Crippen LogP contribution in [-0.4, -0.2) is 62.9 Å². The van der Waals surface area contributed by atoms with E-state index >= 15 is 0 Å². The van der Waals surface area contributed by atoms with Crippen molar-refractivity contribution < 1.29 is 47.6 Å². The van der Waals surface area contributed by atoms with Crippen molar-refractivity contribution in [1.82, 2.24) is 0 Å². The number of esters is 2.